The molecule has 0 spiro atoms. The zero-order valence-corrected chi connectivity index (χ0v) is 20.6. The number of hydrogen-bond acceptors (Lipinski definition) is 6. The third-order valence-electron chi connectivity index (χ3n) is 6.61. The van der Waals surface area contributed by atoms with Crippen LogP contribution in [0.4, 0.5) is 11.4 Å². The zero-order valence-electron chi connectivity index (χ0n) is 19.9. The third kappa shape index (κ3) is 3.93. The predicted molar refractivity (Wildman–Crippen MR) is 141 cm³/mol. The summed E-state index contributed by atoms with van der Waals surface area (Å²) in [6, 6.07) is 10.2. The highest BCUT2D eigenvalue weighted by Gasteiger charge is 2.20. The first kappa shape index (κ1) is 23.7. The monoisotopic (exact) mass is 508 g/mol. The maximum atomic E-state index is 12.6. The van der Waals surface area contributed by atoms with E-state index in [0.29, 0.717) is 11.2 Å². The van der Waals surface area contributed by atoms with E-state index >= 15 is 0 Å². The van der Waals surface area contributed by atoms with Crippen molar-refractivity contribution in [3.63, 3.8) is 0 Å². The van der Waals surface area contributed by atoms with E-state index in [4.69, 9.17) is 11.6 Å². The van der Waals surface area contributed by atoms with Crippen LogP contribution in [0.15, 0.2) is 55.8 Å². The summed E-state index contributed by atoms with van der Waals surface area (Å²) >= 11 is 6.23. The lowest BCUT2D eigenvalue weighted by Gasteiger charge is -2.30. The SMILES string of the molecule is Cn1c(=O)n(C)c2cc(N3CCCCC3)c(N=Cc3c(O)n(-c4ccccc4Cl)c(=O)[nH]c3=O)cc21. The Kier molecular flexibility index (Phi) is 6.05. The molecule has 1 aliphatic heterocycles. The number of H-pyrrole nitrogens is 1. The molecule has 2 aromatic heterocycles. The van der Waals surface area contributed by atoms with E-state index < -0.39 is 17.1 Å². The summed E-state index contributed by atoms with van der Waals surface area (Å²) < 4.78 is 4.06. The first-order valence-electron chi connectivity index (χ1n) is 11.6. The van der Waals surface area contributed by atoms with Crippen molar-refractivity contribution in [2.75, 3.05) is 18.0 Å². The van der Waals surface area contributed by atoms with Gasteiger partial charge < -0.3 is 10.0 Å². The molecule has 0 amide bonds. The molecule has 36 heavy (non-hydrogen) atoms. The number of rotatable bonds is 4. The summed E-state index contributed by atoms with van der Waals surface area (Å²) in [6.07, 6.45) is 4.46. The van der Waals surface area contributed by atoms with Gasteiger partial charge in [0.05, 0.1) is 33.1 Å². The topological polar surface area (TPSA) is 118 Å². The summed E-state index contributed by atoms with van der Waals surface area (Å²) in [4.78, 5) is 46.7. The molecule has 2 N–H and O–H groups in total. The highest BCUT2D eigenvalue weighted by molar-refractivity contribution is 6.32. The molecular weight excluding hydrogens is 484 g/mol. The molecule has 1 fully saturated rings. The number of aromatic nitrogens is 4. The summed E-state index contributed by atoms with van der Waals surface area (Å²) in [6.45, 7) is 1.69. The lowest BCUT2D eigenvalue weighted by atomic mass is 10.1. The minimum Gasteiger partial charge on any atom is -0.493 e. The highest BCUT2D eigenvalue weighted by Crippen LogP contribution is 2.35. The minimum absolute atomic E-state index is 0.156. The zero-order chi connectivity index (χ0) is 25.6. The van der Waals surface area contributed by atoms with Gasteiger partial charge in [0.2, 0.25) is 5.88 Å². The van der Waals surface area contributed by atoms with Crippen LogP contribution in [-0.2, 0) is 14.1 Å². The average Bonchev–Trinajstić information content (AvgIpc) is 3.08. The maximum absolute atomic E-state index is 12.6. The fraction of sp³-hybridized carbons (Fsp3) is 0.280. The molecule has 11 heteroatoms. The molecule has 4 aromatic rings. The first-order chi connectivity index (χ1) is 17.3. The fourth-order valence-corrected chi connectivity index (χ4v) is 4.88. The predicted octanol–water partition coefficient (Wildman–Crippen LogP) is 2.82. The number of aromatic hydroxyl groups is 1. The third-order valence-corrected chi connectivity index (χ3v) is 6.93. The van der Waals surface area contributed by atoms with Crippen LogP contribution in [0, 0.1) is 0 Å². The molecule has 0 aliphatic carbocycles. The van der Waals surface area contributed by atoms with Crippen LogP contribution in [0.1, 0.15) is 24.8 Å². The quantitative estimate of drug-likeness (QED) is 0.411. The van der Waals surface area contributed by atoms with Gasteiger partial charge in [-0.15, -0.1) is 0 Å². The Morgan fingerprint density at radius 1 is 0.972 bits per heavy atom. The smallest absolute Gasteiger partial charge is 0.335 e. The summed E-state index contributed by atoms with van der Waals surface area (Å²) in [5, 5.41) is 11.1. The molecule has 1 aliphatic rings. The van der Waals surface area contributed by atoms with Crippen molar-refractivity contribution < 1.29 is 5.11 Å². The first-order valence-corrected chi connectivity index (χ1v) is 12.0. The van der Waals surface area contributed by atoms with Crippen LogP contribution in [-0.4, -0.2) is 43.1 Å². The number of para-hydroxylation sites is 1. The number of hydrogen-bond donors (Lipinski definition) is 2. The number of fused-ring (bicyclic) bond motifs is 1. The van der Waals surface area contributed by atoms with Gasteiger partial charge in [-0.1, -0.05) is 23.7 Å². The Bertz CT molecular complexity index is 1690. The van der Waals surface area contributed by atoms with E-state index in [1.54, 1.807) is 49.0 Å². The second kappa shape index (κ2) is 9.19. The lowest BCUT2D eigenvalue weighted by Crippen LogP contribution is -2.31. The molecule has 0 bridgehead atoms. The summed E-state index contributed by atoms with van der Waals surface area (Å²) in [5.41, 5.74) is 1.11. The van der Waals surface area contributed by atoms with Crippen molar-refractivity contribution >= 4 is 40.2 Å². The molecule has 0 radical (unpaired) electrons. The van der Waals surface area contributed by atoms with Gasteiger partial charge in [-0.3, -0.25) is 23.9 Å². The number of halogens is 1. The van der Waals surface area contributed by atoms with Gasteiger partial charge in [0, 0.05) is 33.4 Å². The van der Waals surface area contributed by atoms with Gasteiger partial charge in [-0.05, 0) is 43.5 Å². The number of aromatic amines is 1. The van der Waals surface area contributed by atoms with Crippen LogP contribution in [0.5, 0.6) is 5.88 Å². The minimum atomic E-state index is -0.822. The molecule has 0 unspecified atom stereocenters. The molecule has 0 atom stereocenters. The normalized spacial score (nSPS) is 14.2. The molecule has 3 heterocycles. The number of benzene rings is 2. The van der Waals surface area contributed by atoms with Crippen molar-refractivity contribution in [3.8, 4) is 11.6 Å². The van der Waals surface area contributed by atoms with E-state index in [1.165, 1.54) is 10.8 Å². The highest BCUT2D eigenvalue weighted by atomic mass is 35.5. The van der Waals surface area contributed by atoms with Crippen LogP contribution >= 0.6 is 11.6 Å². The number of nitrogens with zero attached hydrogens (tertiary/aromatic N) is 5. The van der Waals surface area contributed by atoms with E-state index in [-0.39, 0.29) is 22.0 Å². The van der Waals surface area contributed by atoms with E-state index in [0.717, 1.165) is 48.1 Å². The molecule has 186 valence electrons. The Hall–Kier alpha value is -4.05. The van der Waals surface area contributed by atoms with Gasteiger partial charge in [0.25, 0.3) is 5.56 Å². The van der Waals surface area contributed by atoms with Crippen molar-refractivity contribution in [1.29, 1.82) is 0 Å². The van der Waals surface area contributed by atoms with Crippen LogP contribution in [0.25, 0.3) is 16.7 Å². The number of anilines is 1. The average molecular weight is 509 g/mol. The van der Waals surface area contributed by atoms with E-state index in [1.807, 2.05) is 6.07 Å². The van der Waals surface area contributed by atoms with Crippen LogP contribution < -0.4 is 21.8 Å². The van der Waals surface area contributed by atoms with E-state index in [9.17, 15) is 19.5 Å². The number of nitrogens with one attached hydrogen (secondary N) is 1. The van der Waals surface area contributed by atoms with Crippen molar-refractivity contribution in [2.24, 2.45) is 19.1 Å². The molecule has 10 nitrogen and oxygen atoms in total. The Balaban J connectivity index is 1.69. The molecule has 5 rings (SSSR count). The lowest BCUT2D eigenvalue weighted by molar-refractivity contribution is 0.430. The number of aliphatic imine (C=N–C) groups is 1. The second-order valence-electron chi connectivity index (χ2n) is 8.82. The summed E-state index contributed by atoms with van der Waals surface area (Å²) in [5.74, 6) is -0.576. The van der Waals surface area contributed by atoms with Crippen LogP contribution in [0.3, 0.4) is 0 Å². The van der Waals surface area contributed by atoms with Gasteiger partial charge in [0.1, 0.15) is 5.56 Å². The Morgan fingerprint density at radius 3 is 2.33 bits per heavy atom. The molecule has 2 aromatic carbocycles. The molecule has 0 saturated carbocycles. The second-order valence-corrected chi connectivity index (χ2v) is 9.23. The van der Waals surface area contributed by atoms with Crippen molar-refractivity contribution in [3.05, 3.63) is 78.3 Å². The maximum Gasteiger partial charge on any atom is 0.335 e. The van der Waals surface area contributed by atoms with Gasteiger partial charge in [-0.2, -0.15) is 0 Å². The Labute approximate surface area is 210 Å². The van der Waals surface area contributed by atoms with E-state index in [2.05, 4.69) is 14.9 Å². The Morgan fingerprint density at radius 2 is 1.64 bits per heavy atom. The van der Waals surface area contributed by atoms with Gasteiger partial charge in [0.15, 0.2) is 0 Å². The van der Waals surface area contributed by atoms with Crippen molar-refractivity contribution in [1.82, 2.24) is 18.7 Å². The van der Waals surface area contributed by atoms with Crippen LogP contribution in [0.2, 0.25) is 5.02 Å². The molecular formula is C25H25ClN6O4. The fourth-order valence-electron chi connectivity index (χ4n) is 4.66. The molecule has 1 saturated heterocycles. The van der Waals surface area contributed by atoms with Gasteiger partial charge >= 0.3 is 11.4 Å². The largest absolute Gasteiger partial charge is 0.493 e. The van der Waals surface area contributed by atoms with Crippen molar-refractivity contribution in [2.45, 2.75) is 19.3 Å². The van der Waals surface area contributed by atoms with Gasteiger partial charge in [-0.25, -0.2) is 14.2 Å². The standard InChI is InChI=1S/C25H25ClN6O4/c1-29-20-12-17(19(31-10-6-3-7-11-31)13-21(20)30(2)25(29)36)27-14-15-22(33)28-24(35)32(23(15)34)18-9-5-4-8-16(18)26/h4-5,8-9,12-14,34H,3,6-7,10-11H2,1-2H3,(H,28,33,35). The number of piperidine rings is 1. The number of aryl methyl sites for hydroxylation is 2. The number of imidazole rings is 1. The summed E-state index contributed by atoms with van der Waals surface area (Å²) in [7, 11) is 3.41.